The molecule has 4 rings (SSSR count). The van der Waals surface area contributed by atoms with Crippen molar-refractivity contribution in [2.75, 3.05) is 12.4 Å². The molecule has 2 amide bonds. The minimum absolute atomic E-state index is 0.0622. The number of rotatable bonds is 7. The molecule has 176 valence electrons. The van der Waals surface area contributed by atoms with Gasteiger partial charge in [-0.05, 0) is 55.2 Å². The number of ether oxygens (including phenoxy) is 1. The van der Waals surface area contributed by atoms with Gasteiger partial charge in [0.05, 0.1) is 11.3 Å². The number of carbonyl (C=O) groups excluding carboxylic acids is 2. The Labute approximate surface area is 201 Å². The molecule has 1 N–H and O–H groups in total. The molecule has 5 heteroatoms. The first-order valence-electron chi connectivity index (χ1n) is 12.0. The van der Waals surface area contributed by atoms with Crippen LogP contribution in [-0.4, -0.2) is 35.9 Å². The smallest absolute Gasteiger partial charge is 0.265 e. The molecule has 0 radical (unpaired) electrons. The minimum Gasteiger partial charge on any atom is -0.481 e. The van der Waals surface area contributed by atoms with E-state index in [1.165, 1.54) is 6.42 Å². The molecule has 0 bridgehead atoms. The van der Waals surface area contributed by atoms with Crippen molar-refractivity contribution in [1.29, 1.82) is 0 Å². The lowest BCUT2D eigenvalue weighted by atomic mass is 9.94. The summed E-state index contributed by atoms with van der Waals surface area (Å²) < 4.78 is 5.87. The highest BCUT2D eigenvalue weighted by molar-refractivity contribution is 6.04. The van der Waals surface area contributed by atoms with Gasteiger partial charge >= 0.3 is 0 Å². The lowest BCUT2D eigenvalue weighted by Crippen LogP contribution is -2.39. The Morgan fingerprint density at radius 3 is 2.18 bits per heavy atom. The number of hydrogen-bond acceptors (Lipinski definition) is 3. The van der Waals surface area contributed by atoms with Crippen LogP contribution in [0.1, 0.15) is 49.4 Å². The maximum atomic E-state index is 13.2. The van der Waals surface area contributed by atoms with Gasteiger partial charge < -0.3 is 15.0 Å². The Kier molecular flexibility index (Phi) is 7.63. The predicted octanol–water partition coefficient (Wildman–Crippen LogP) is 6.16. The van der Waals surface area contributed by atoms with E-state index in [1.807, 2.05) is 66.5 Å². The summed E-state index contributed by atoms with van der Waals surface area (Å²) in [6, 6.07) is 25.2. The first-order valence-corrected chi connectivity index (χ1v) is 12.0. The van der Waals surface area contributed by atoms with Gasteiger partial charge in [-0.3, -0.25) is 9.59 Å². The van der Waals surface area contributed by atoms with Crippen molar-refractivity contribution in [3.63, 3.8) is 0 Å². The number of anilines is 1. The van der Waals surface area contributed by atoms with Crippen molar-refractivity contribution >= 4 is 17.5 Å². The van der Waals surface area contributed by atoms with Gasteiger partial charge in [0.15, 0.2) is 6.10 Å². The molecule has 34 heavy (non-hydrogen) atoms. The molecule has 1 unspecified atom stereocenters. The lowest BCUT2D eigenvalue weighted by molar-refractivity contribution is -0.122. The van der Waals surface area contributed by atoms with E-state index in [9.17, 15) is 9.59 Å². The van der Waals surface area contributed by atoms with Crippen LogP contribution in [0.25, 0.3) is 11.1 Å². The number of nitrogens with zero attached hydrogens (tertiary/aromatic N) is 1. The molecule has 1 saturated carbocycles. The van der Waals surface area contributed by atoms with Gasteiger partial charge in [0.1, 0.15) is 5.75 Å². The van der Waals surface area contributed by atoms with Crippen LogP contribution in [0, 0.1) is 0 Å². The highest BCUT2D eigenvalue weighted by Gasteiger charge is 2.25. The fourth-order valence-electron chi connectivity index (χ4n) is 4.45. The summed E-state index contributed by atoms with van der Waals surface area (Å²) in [4.78, 5) is 27.9. The summed E-state index contributed by atoms with van der Waals surface area (Å²) in [5.74, 6) is 0.254. The maximum absolute atomic E-state index is 13.2. The largest absolute Gasteiger partial charge is 0.481 e. The van der Waals surface area contributed by atoms with Crippen LogP contribution in [0.5, 0.6) is 5.75 Å². The van der Waals surface area contributed by atoms with Gasteiger partial charge in [0, 0.05) is 13.1 Å². The van der Waals surface area contributed by atoms with Crippen LogP contribution in [-0.2, 0) is 4.79 Å². The number of benzene rings is 3. The summed E-state index contributed by atoms with van der Waals surface area (Å²) in [7, 11) is 1.86. The molecule has 0 heterocycles. The Balaban J connectivity index is 1.40. The lowest BCUT2D eigenvalue weighted by Gasteiger charge is -2.31. The van der Waals surface area contributed by atoms with Crippen LogP contribution < -0.4 is 10.1 Å². The molecular weight excluding hydrogens is 424 g/mol. The van der Waals surface area contributed by atoms with Gasteiger partial charge in [-0.2, -0.15) is 0 Å². The Hall–Kier alpha value is -3.60. The fraction of sp³-hybridized carbons (Fsp3) is 0.310. The third-order valence-electron chi connectivity index (χ3n) is 6.50. The molecule has 5 nitrogen and oxygen atoms in total. The maximum Gasteiger partial charge on any atom is 0.265 e. The summed E-state index contributed by atoms with van der Waals surface area (Å²) in [6.45, 7) is 1.71. The van der Waals surface area contributed by atoms with E-state index >= 15 is 0 Å². The van der Waals surface area contributed by atoms with Gasteiger partial charge in [-0.15, -0.1) is 0 Å². The van der Waals surface area contributed by atoms with Crippen molar-refractivity contribution in [3.8, 4) is 16.9 Å². The van der Waals surface area contributed by atoms with E-state index in [0.29, 0.717) is 17.0 Å². The molecule has 1 aliphatic carbocycles. The third-order valence-corrected chi connectivity index (χ3v) is 6.50. The average Bonchev–Trinajstić information content (AvgIpc) is 2.89. The van der Waals surface area contributed by atoms with E-state index in [-0.39, 0.29) is 17.9 Å². The summed E-state index contributed by atoms with van der Waals surface area (Å²) >= 11 is 0. The van der Waals surface area contributed by atoms with E-state index in [4.69, 9.17) is 4.74 Å². The highest BCUT2D eigenvalue weighted by Crippen LogP contribution is 2.26. The molecule has 3 aromatic rings. The molecule has 0 saturated heterocycles. The molecule has 1 atom stereocenters. The number of para-hydroxylation sites is 1. The van der Waals surface area contributed by atoms with Crippen molar-refractivity contribution in [1.82, 2.24) is 4.90 Å². The fourth-order valence-corrected chi connectivity index (χ4v) is 4.45. The molecule has 0 spiro atoms. The number of carbonyl (C=O) groups is 2. The van der Waals surface area contributed by atoms with Crippen LogP contribution in [0.3, 0.4) is 0 Å². The monoisotopic (exact) mass is 456 g/mol. The first kappa shape index (κ1) is 23.6. The molecule has 0 aromatic heterocycles. The number of nitrogens with one attached hydrogen (secondary N) is 1. The normalized spacial score (nSPS) is 14.8. The first-order chi connectivity index (χ1) is 16.5. The summed E-state index contributed by atoms with van der Waals surface area (Å²) in [6.07, 6.45) is 4.89. The van der Waals surface area contributed by atoms with Crippen molar-refractivity contribution in [3.05, 3.63) is 84.4 Å². The molecule has 0 aliphatic heterocycles. The van der Waals surface area contributed by atoms with Gasteiger partial charge in [0.25, 0.3) is 11.8 Å². The van der Waals surface area contributed by atoms with Crippen molar-refractivity contribution < 1.29 is 14.3 Å². The van der Waals surface area contributed by atoms with E-state index in [0.717, 1.165) is 36.8 Å². The van der Waals surface area contributed by atoms with Crippen LogP contribution in [0.2, 0.25) is 0 Å². The second-order valence-electron chi connectivity index (χ2n) is 8.89. The SMILES string of the molecule is CC(Oc1ccc(-c2ccccc2)cc1)C(=O)Nc1ccccc1C(=O)N(C)C1CCCCC1. The molecule has 1 aliphatic rings. The van der Waals surface area contributed by atoms with Crippen LogP contribution in [0.15, 0.2) is 78.9 Å². The number of amides is 2. The molecular formula is C29H32N2O3. The van der Waals surface area contributed by atoms with E-state index < -0.39 is 6.10 Å². The van der Waals surface area contributed by atoms with Crippen molar-refractivity contribution in [2.24, 2.45) is 0 Å². The minimum atomic E-state index is -0.721. The second-order valence-corrected chi connectivity index (χ2v) is 8.89. The Morgan fingerprint density at radius 1 is 0.853 bits per heavy atom. The highest BCUT2D eigenvalue weighted by atomic mass is 16.5. The zero-order chi connectivity index (χ0) is 23.9. The van der Waals surface area contributed by atoms with Crippen LogP contribution >= 0.6 is 0 Å². The zero-order valence-corrected chi connectivity index (χ0v) is 19.9. The molecule has 3 aromatic carbocycles. The van der Waals surface area contributed by atoms with Gasteiger partial charge in [-0.25, -0.2) is 0 Å². The quantitative estimate of drug-likeness (QED) is 0.463. The topological polar surface area (TPSA) is 58.6 Å². The summed E-state index contributed by atoms with van der Waals surface area (Å²) in [5.41, 5.74) is 3.22. The third kappa shape index (κ3) is 5.66. The van der Waals surface area contributed by atoms with Crippen molar-refractivity contribution in [2.45, 2.75) is 51.2 Å². The predicted molar refractivity (Wildman–Crippen MR) is 136 cm³/mol. The standard InChI is InChI=1S/C29H32N2O3/c1-21(34-25-19-17-23(18-20-25)22-11-5-3-6-12-22)28(32)30-27-16-10-9-15-26(27)29(33)31(2)24-13-7-4-8-14-24/h3,5-6,9-12,15-21,24H,4,7-8,13-14H2,1-2H3,(H,30,32). The zero-order valence-electron chi connectivity index (χ0n) is 19.9. The Morgan fingerprint density at radius 2 is 1.47 bits per heavy atom. The van der Waals surface area contributed by atoms with Gasteiger partial charge in [0.2, 0.25) is 0 Å². The number of hydrogen-bond donors (Lipinski definition) is 1. The van der Waals surface area contributed by atoms with Crippen LogP contribution in [0.4, 0.5) is 5.69 Å². The molecule has 1 fully saturated rings. The second kappa shape index (κ2) is 11.0. The average molecular weight is 457 g/mol. The Bertz CT molecular complexity index is 1110. The summed E-state index contributed by atoms with van der Waals surface area (Å²) in [5, 5.41) is 2.90. The van der Waals surface area contributed by atoms with E-state index in [2.05, 4.69) is 17.4 Å². The van der Waals surface area contributed by atoms with E-state index in [1.54, 1.807) is 19.1 Å². The van der Waals surface area contributed by atoms with Gasteiger partial charge in [-0.1, -0.05) is 73.9 Å².